The normalized spacial score (nSPS) is 28.6. The molecule has 0 unspecified atom stereocenters. The van der Waals surface area contributed by atoms with Gasteiger partial charge < -0.3 is 24.1 Å². The van der Waals surface area contributed by atoms with E-state index in [0.717, 1.165) is 30.3 Å². The Balaban J connectivity index is 1.44. The Labute approximate surface area is 192 Å². The molecule has 0 bridgehead atoms. The van der Waals surface area contributed by atoms with Crippen molar-refractivity contribution in [3.63, 3.8) is 0 Å². The van der Waals surface area contributed by atoms with Gasteiger partial charge >= 0.3 is 13.2 Å². The minimum absolute atomic E-state index is 0.103. The van der Waals surface area contributed by atoms with Crippen LogP contribution >= 0.6 is 0 Å². The zero-order valence-corrected chi connectivity index (χ0v) is 20.6. The highest BCUT2D eigenvalue weighted by molar-refractivity contribution is 6.62. The summed E-state index contributed by atoms with van der Waals surface area (Å²) in [6.45, 7) is 14.4. The fourth-order valence-electron chi connectivity index (χ4n) is 5.03. The lowest BCUT2D eigenvalue weighted by atomic mass is 9.78. The molecule has 0 radical (unpaired) electrons. The maximum Gasteiger partial charge on any atom is 0.494 e. The second-order valence-corrected chi connectivity index (χ2v) is 11.6. The Hall–Kier alpha value is -1.57. The lowest BCUT2D eigenvalue weighted by Gasteiger charge is -2.45. The van der Waals surface area contributed by atoms with E-state index in [1.165, 1.54) is 0 Å². The predicted molar refractivity (Wildman–Crippen MR) is 125 cm³/mol. The van der Waals surface area contributed by atoms with Gasteiger partial charge in [-0.1, -0.05) is 24.3 Å². The van der Waals surface area contributed by atoms with E-state index in [4.69, 9.17) is 14.0 Å². The number of nitrogens with zero attached hydrogens (tertiary/aromatic N) is 1. The molecule has 1 saturated carbocycles. The summed E-state index contributed by atoms with van der Waals surface area (Å²) in [7, 11) is -0.398. The van der Waals surface area contributed by atoms with Gasteiger partial charge in [0.1, 0.15) is 5.60 Å². The van der Waals surface area contributed by atoms with Crippen molar-refractivity contribution in [1.82, 2.24) is 4.90 Å². The second kappa shape index (κ2) is 7.74. The van der Waals surface area contributed by atoms with Crippen LogP contribution in [0.3, 0.4) is 0 Å². The summed E-state index contributed by atoms with van der Waals surface area (Å²) in [4.78, 5) is 14.8. The monoisotopic (exact) mass is 443 g/mol. The van der Waals surface area contributed by atoms with Crippen molar-refractivity contribution in [3.8, 4) is 0 Å². The molecule has 3 fully saturated rings. The highest BCUT2D eigenvalue weighted by Gasteiger charge is 2.54. The molecule has 0 aromatic heterocycles. The Morgan fingerprint density at radius 1 is 1.12 bits per heavy atom. The SMILES string of the molecule is C[C@@H](c1ccc(B2OC(C)(C)C(C)(C)O2)cc1)N1CC[C@](CC(C)(C)O)(C2CC2)OC1=O. The molecule has 2 heterocycles. The molecule has 4 rings (SSSR count). The third-order valence-corrected chi connectivity index (χ3v) is 7.77. The van der Waals surface area contributed by atoms with E-state index >= 15 is 0 Å². The lowest BCUT2D eigenvalue weighted by Crippen LogP contribution is -2.54. The van der Waals surface area contributed by atoms with Crippen molar-refractivity contribution in [3.05, 3.63) is 29.8 Å². The number of aliphatic hydroxyl groups is 1. The first-order valence-electron chi connectivity index (χ1n) is 11.9. The summed E-state index contributed by atoms with van der Waals surface area (Å²) in [5.41, 5.74) is -0.134. The van der Waals surface area contributed by atoms with Gasteiger partial charge in [0.2, 0.25) is 0 Å². The highest BCUT2D eigenvalue weighted by Crippen LogP contribution is 2.50. The minimum Gasteiger partial charge on any atom is -0.442 e. The van der Waals surface area contributed by atoms with Crippen molar-refractivity contribution >= 4 is 18.7 Å². The van der Waals surface area contributed by atoms with E-state index in [-0.39, 0.29) is 23.3 Å². The van der Waals surface area contributed by atoms with E-state index in [9.17, 15) is 9.90 Å². The summed E-state index contributed by atoms with van der Waals surface area (Å²) in [6.07, 6.45) is 3.10. The zero-order valence-electron chi connectivity index (χ0n) is 20.6. The van der Waals surface area contributed by atoms with Gasteiger partial charge in [0.15, 0.2) is 0 Å². The average Bonchev–Trinajstić information content (AvgIpc) is 3.48. The van der Waals surface area contributed by atoms with Crippen molar-refractivity contribution < 1.29 is 23.9 Å². The Kier molecular flexibility index (Phi) is 5.71. The minimum atomic E-state index is -0.861. The Bertz CT molecular complexity index is 842. The van der Waals surface area contributed by atoms with Crippen molar-refractivity contribution in [2.45, 2.75) is 103 Å². The van der Waals surface area contributed by atoms with Crippen LogP contribution in [-0.4, -0.2) is 52.2 Å². The summed E-state index contributed by atoms with van der Waals surface area (Å²) < 4.78 is 18.4. The predicted octanol–water partition coefficient (Wildman–Crippen LogP) is 4.20. The molecular formula is C25H38BNO5. The van der Waals surface area contributed by atoms with Crippen molar-refractivity contribution in [1.29, 1.82) is 0 Å². The molecule has 32 heavy (non-hydrogen) atoms. The van der Waals surface area contributed by atoms with E-state index in [0.29, 0.717) is 18.9 Å². The van der Waals surface area contributed by atoms with Crippen LogP contribution in [0.2, 0.25) is 0 Å². The first kappa shape index (κ1) is 23.6. The standard InChI is InChI=1S/C25H38BNO5/c1-17(18-8-12-20(13-9-18)26-31-23(4,5)24(6,7)32-26)27-15-14-25(19-10-11-19,30-21(27)28)16-22(2,3)29/h8-9,12-13,17,19,29H,10-11,14-16H2,1-7H3/t17-,25-/m0/s1. The number of carbonyl (C=O) groups is 1. The van der Waals surface area contributed by atoms with Gasteiger partial charge in [0, 0.05) is 19.4 Å². The molecule has 6 nitrogen and oxygen atoms in total. The molecule has 3 aliphatic rings. The second-order valence-electron chi connectivity index (χ2n) is 11.6. The molecule has 1 aromatic rings. The van der Waals surface area contributed by atoms with Gasteiger partial charge in [-0.2, -0.15) is 0 Å². The van der Waals surface area contributed by atoms with Gasteiger partial charge in [-0.3, -0.25) is 0 Å². The number of rotatable bonds is 6. The number of hydrogen-bond acceptors (Lipinski definition) is 5. The van der Waals surface area contributed by atoms with Crippen molar-refractivity contribution in [2.24, 2.45) is 5.92 Å². The van der Waals surface area contributed by atoms with E-state index in [1.54, 1.807) is 18.7 Å². The number of cyclic esters (lactones) is 1. The van der Waals surface area contributed by atoms with Crippen LogP contribution in [0.4, 0.5) is 4.79 Å². The maximum atomic E-state index is 13.0. The molecule has 7 heteroatoms. The number of amides is 1. The Morgan fingerprint density at radius 2 is 1.69 bits per heavy atom. The summed E-state index contributed by atoms with van der Waals surface area (Å²) >= 11 is 0. The molecule has 1 N–H and O–H groups in total. The third-order valence-electron chi connectivity index (χ3n) is 7.77. The van der Waals surface area contributed by atoms with Gasteiger partial charge in [-0.15, -0.1) is 0 Å². The van der Waals surface area contributed by atoms with Crippen LogP contribution < -0.4 is 5.46 Å². The molecule has 176 valence electrons. The van der Waals surface area contributed by atoms with E-state index in [2.05, 4.69) is 0 Å². The molecule has 2 atom stereocenters. The first-order valence-corrected chi connectivity index (χ1v) is 11.9. The largest absolute Gasteiger partial charge is 0.494 e. The quantitative estimate of drug-likeness (QED) is 0.668. The van der Waals surface area contributed by atoms with Crippen LogP contribution in [-0.2, 0) is 14.0 Å². The van der Waals surface area contributed by atoms with Crippen LogP contribution in [0.15, 0.2) is 24.3 Å². The van der Waals surface area contributed by atoms with E-state index in [1.807, 2.05) is 58.9 Å². The smallest absolute Gasteiger partial charge is 0.442 e. The Morgan fingerprint density at radius 3 is 2.16 bits per heavy atom. The molecule has 2 aliphatic heterocycles. The highest BCUT2D eigenvalue weighted by atomic mass is 16.7. The van der Waals surface area contributed by atoms with Crippen LogP contribution in [0.5, 0.6) is 0 Å². The van der Waals surface area contributed by atoms with Crippen LogP contribution in [0.25, 0.3) is 0 Å². The zero-order chi connectivity index (χ0) is 23.5. The third kappa shape index (κ3) is 4.44. The van der Waals surface area contributed by atoms with Gasteiger partial charge in [0.05, 0.1) is 22.8 Å². The number of carbonyl (C=O) groups excluding carboxylic acids is 1. The molecule has 1 aromatic carbocycles. The summed E-state index contributed by atoms with van der Waals surface area (Å²) in [5.74, 6) is 0.370. The molecule has 2 saturated heterocycles. The number of benzene rings is 1. The summed E-state index contributed by atoms with van der Waals surface area (Å²) in [6, 6.07) is 8.02. The summed E-state index contributed by atoms with van der Waals surface area (Å²) in [5, 5.41) is 10.4. The van der Waals surface area contributed by atoms with Crippen LogP contribution in [0.1, 0.15) is 85.8 Å². The topological polar surface area (TPSA) is 68.2 Å². The molecule has 1 amide bonds. The molecule has 1 aliphatic carbocycles. The van der Waals surface area contributed by atoms with Crippen molar-refractivity contribution in [2.75, 3.05) is 6.54 Å². The fraction of sp³-hybridized carbons (Fsp3) is 0.720. The fourth-order valence-corrected chi connectivity index (χ4v) is 5.03. The number of hydrogen-bond donors (Lipinski definition) is 1. The van der Waals surface area contributed by atoms with E-state index < -0.39 is 18.3 Å². The lowest BCUT2D eigenvalue weighted by molar-refractivity contribution is -0.108. The molecular weight excluding hydrogens is 405 g/mol. The number of ether oxygens (including phenoxy) is 1. The molecule has 0 spiro atoms. The van der Waals surface area contributed by atoms with Gasteiger partial charge in [0.25, 0.3) is 0 Å². The maximum absolute atomic E-state index is 13.0. The first-order chi connectivity index (χ1) is 14.7. The average molecular weight is 443 g/mol. The van der Waals surface area contributed by atoms with Gasteiger partial charge in [-0.25, -0.2) is 4.79 Å². The van der Waals surface area contributed by atoms with Gasteiger partial charge in [-0.05, 0) is 78.3 Å². The van der Waals surface area contributed by atoms with Crippen LogP contribution in [0, 0.1) is 5.92 Å².